The smallest absolute Gasteiger partial charge is 0.223 e. The highest BCUT2D eigenvalue weighted by molar-refractivity contribution is 5.72. The Morgan fingerprint density at radius 1 is 1.00 bits per heavy atom. The lowest BCUT2D eigenvalue weighted by Gasteiger charge is -2.42. The maximum Gasteiger partial charge on any atom is 0.223 e. The first-order valence-corrected chi connectivity index (χ1v) is 11.1. The van der Waals surface area contributed by atoms with Crippen molar-refractivity contribution < 1.29 is 9.47 Å². The lowest BCUT2D eigenvalue weighted by Crippen LogP contribution is -2.43. The Morgan fingerprint density at radius 3 is 2.74 bits per heavy atom. The first kappa shape index (κ1) is 18.6. The van der Waals surface area contributed by atoms with Crippen LogP contribution >= 0.6 is 0 Å². The maximum absolute atomic E-state index is 5.70. The van der Waals surface area contributed by atoms with E-state index >= 15 is 0 Å². The summed E-state index contributed by atoms with van der Waals surface area (Å²) in [7, 11) is 0. The molecule has 6 nitrogen and oxygen atoms in total. The second-order valence-corrected chi connectivity index (χ2v) is 8.65. The van der Waals surface area contributed by atoms with E-state index in [2.05, 4.69) is 45.9 Å². The van der Waals surface area contributed by atoms with Gasteiger partial charge in [-0.3, -0.25) is 0 Å². The van der Waals surface area contributed by atoms with Gasteiger partial charge in [-0.05, 0) is 61.2 Å². The molecule has 0 atom stereocenters. The molecule has 3 aromatic rings. The molecule has 1 aliphatic carbocycles. The average molecular weight is 415 g/mol. The van der Waals surface area contributed by atoms with Gasteiger partial charge in [0.2, 0.25) is 5.95 Å². The molecule has 31 heavy (non-hydrogen) atoms. The molecule has 1 fully saturated rings. The number of ether oxygens (including phenoxy) is 2. The van der Waals surface area contributed by atoms with Gasteiger partial charge in [-0.2, -0.15) is 0 Å². The van der Waals surface area contributed by atoms with Crippen molar-refractivity contribution in [2.45, 2.75) is 31.2 Å². The Hall–Kier alpha value is -3.12. The molecule has 2 N–H and O–H groups in total. The second kappa shape index (κ2) is 7.54. The molecule has 6 rings (SSSR count). The summed E-state index contributed by atoms with van der Waals surface area (Å²) in [5.74, 6) is 2.27. The molecular weight excluding hydrogens is 388 g/mol. The second-order valence-electron chi connectivity index (χ2n) is 8.65. The van der Waals surface area contributed by atoms with E-state index in [-0.39, 0.29) is 5.41 Å². The van der Waals surface area contributed by atoms with Gasteiger partial charge in [0.1, 0.15) is 13.2 Å². The van der Waals surface area contributed by atoms with Gasteiger partial charge in [0.25, 0.3) is 0 Å². The quantitative estimate of drug-likeness (QED) is 0.681. The van der Waals surface area contributed by atoms with E-state index in [1.807, 2.05) is 18.3 Å². The summed E-state index contributed by atoms with van der Waals surface area (Å²) in [5, 5.41) is 6.90. The minimum atomic E-state index is 0.207. The van der Waals surface area contributed by atoms with E-state index in [1.54, 1.807) is 0 Å². The fourth-order valence-corrected chi connectivity index (χ4v) is 5.20. The Morgan fingerprint density at radius 2 is 1.84 bits per heavy atom. The predicted octanol–water partition coefficient (Wildman–Crippen LogP) is 3.70. The summed E-state index contributed by atoms with van der Waals surface area (Å²) < 4.78 is 11.3. The molecule has 0 bridgehead atoms. The first-order valence-electron chi connectivity index (χ1n) is 11.1. The fraction of sp³-hybridized carbons (Fsp3) is 0.360. The average Bonchev–Trinajstić information content (AvgIpc) is 2.84. The molecule has 0 amide bonds. The molecule has 0 unspecified atom stereocenters. The van der Waals surface area contributed by atoms with Crippen LogP contribution in [0.2, 0.25) is 0 Å². The number of fused-ring (bicyclic) bond motifs is 5. The van der Waals surface area contributed by atoms with Crippen LogP contribution < -0.4 is 20.1 Å². The van der Waals surface area contributed by atoms with Crippen molar-refractivity contribution in [3.8, 4) is 22.8 Å². The van der Waals surface area contributed by atoms with Crippen LogP contribution in [0.15, 0.2) is 48.7 Å². The van der Waals surface area contributed by atoms with Crippen molar-refractivity contribution in [3.63, 3.8) is 0 Å². The van der Waals surface area contributed by atoms with Crippen molar-refractivity contribution in [2.24, 2.45) is 0 Å². The van der Waals surface area contributed by atoms with Crippen LogP contribution in [0.3, 0.4) is 0 Å². The maximum atomic E-state index is 5.70. The van der Waals surface area contributed by atoms with Crippen molar-refractivity contribution in [1.82, 2.24) is 15.3 Å². The molecule has 3 aliphatic rings. The van der Waals surface area contributed by atoms with Gasteiger partial charge >= 0.3 is 0 Å². The summed E-state index contributed by atoms with van der Waals surface area (Å²) in [4.78, 5) is 9.59. The van der Waals surface area contributed by atoms with E-state index in [4.69, 9.17) is 14.5 Å². The Labute approximate surface area is 182 Å². The van der Waals surface area contributed by atoms with E-state index < -0.39 is 0 Å². The van der Waals surface area contributed by atoms with Crippen LogP contribution in [0.5, 0.6) is 11.5 Å². The largest absolute Gasteiger partial charge is 0.486 e. The molecule has 158 valence electrons. The summed E-state index contributed by atoms with van der Waals surface area (Å²) in [6.07, 6.45) is 5.36. The summed E-state index contributed by atoms with van der Waals surface area (Å²) in [6.45, 7) is 3.97. The van der Waals surface area contributed by atoms with Crippen molar-refractivity contribution in [3.05, 3.63) is 65.4 Å². The zero-order chi connectivity index (χ0) is 20.7. The van der Waals surface area contributed by atoms with E-state index in [0.29, 0.717) is 25.7 Å². The minimum absolute atomic E-state index is 0.207. The number of aromatic nitrogens is 2. The molecule has 1 saturated heterocycles. The third-order valence-corrected chi connectivity index (χ3v) is 6.76. The van der Waals surface area contributed by atoms with E-state index in [9.17, 15) is 0 Å². The number of anilines is 1. The monoisotopic (exact) mass is 414 g/mol. The van der Waals surface area contributed by atoms with Gasteiger partial charge in [0.05, 0.1) is 5.69 Å². The van der Waals surface area contributed by atoms with Gasteiger partial charge in [0.15, 0.2) is 11.5 Å². The van der Waals surface area contributed by atoms with Crippen molar-refractivity contribution in [1.29, 1.82) is 0 Å². The summed E-state index contributed by atoms with van der Waals surface area (Å²) in [5.41, 5.74) is 6.35. The Kier molecular flexibility index (Phi) is 4.53. The summed E-state index contributed by atoms with van der Waals surface area (Å²) in [6, 6.07) is 14.8. The van der Waals surface area contributed by atoms with E-state index in [1.165, 1.54) is 16.7 Å². The third-order valence-electron chi connectivity index (χ3n) is 6.76. The molecule has 6 heteroatoms. The molecule has 1 spiro atoms. The van der Waals surface area contributed by atoms with Crippen LogP contribution in [-0.4, -0.2) is 36.3 Å². The lowest BCUT2D eigenvalue weighted by atomic mass is 9.64. The van der Waals surface area contributed by atoms with Crippen LogP contribution in [0.1, 0.15) is 29.5 Å². The highest BCUT2D eigenvalue weighted by Gasteiger charge is 2.40. The van der Waals surface area contributed by atoms with E-state index in [0.717, 1.165) is 55.1 Å². The van der Waals surface area contributed by atoms with Gasteiger partial charge in [-0.1, -0.05) is 30.3 Å². The summed E-state index contributed by atoms with van der Waals surface area (Å²) >= 11 is 0. The highest BCUT2D eigenvalue weighted by Crippen LogP contribution is 2.47. The van der Waals surface area contributed by atoms with Crippen LogP contribution in [0.4, 0.5) is 5.95 Å². The van der Waals surface area contributed by atoms with Gasteiger partial charge in [0, 0.05) is 23.7 Å². The SMILES string of the molecule is c1ccc2c(c1)-c1nc(NCc3ccc4c(c3)OCCO4)ncc1CC21CCNCC1. The lowest BCUT2D eigenvalue weighted by molar-refractivity contribution is 0.171. The number of hydrogen-bond donors (Lipinski definition) is 2. The third kappa shape index (κ3) is 3.31. The first-order chi connectivity index (χ1) is 15.3. The normalized spacial score (nSPS) is 18.2. The number of nitrogens with one attached hydrogen (secondary N) is 2. The zero-order valence-electron chi connectivity index (χ0n) is 17.5. The number of nitrogens with zero attached hydrogens (tertiary/aromatic N) is 2. The number of hydrogen-bond acceptors (Lipinski definition) is 6. The van der Waals surface area contributed by atoms with Crippen LogP contribution in [-0.2, 0) is 18.4 Å². The van der Waals surface area contributed by atoms with Gasteiger partial charge in [-0.25, -0.2) is 9.97 Å². The predicted molar refractivity (Wildman–Crippen MR) is 120 cm³/mol. The molecule has 1 aromatic heterocycles. The molecular formula is C25H26N4O2. The standard InChI is InChI=1S/C25H26N4O2/c1-2-4-20-19(3-1)23-18(14-25(20)7-9-26-10-8-25)16-28-24(29-23)27-15-17-5-6-21-22(13-17)31-12-11-30-21/h1-6,13,16,26H,7-12,14-15H2,(H,27,28,29). The molecule has 2 aliphatic heterocycles. The topological polar surface area (TPSA) is 68.3 Å². The van der Waals surface area contributed by atoms with Crippen molar-refractivity contribution in [2.75, 3.05) is 31.6 Å². The van der Waals surface area contributed by atoms with Crippen LogP contribution in [0, 0.1) is 0 Å². The highest BCUT2D eigenvalue weighted by atomic mass is 16.6. The molecule has 0 radical (unpaired) electrons. The zero-order valence-corrected chi connectivity index (χ0v) is 17.5. The Balaban J connectivity index is 1.27. The van der Waals surface area contributed by atoms with Crippen LogP contribution in [0.25, 0.3) is 11.3 Å². The Bertz CT molecular complexity index is 1120. The van der Waals surface area contributed by atoms with Gasteiger partial charge < -0.3 is 20.1 Å². The number of rotatable bonds is 3. The molecule has 2 aromatic carbocycles. The fourth-order valence-electron chi connectivity index (χ4n) is 5.20. The molecule has 3 heterocycles. The number of benzene rings is 2. The van der Waals surface area contributed by atoms with Gasteiger partial charge in [-0.15, -0.1) is 0 Å². The molecule has 0 saturated carbocycles. The minimum Gasteiger partial charge on any atom is -0.486 e. The van der Waals surface area contributed by atoms with Crippen molar-refractivity contribution >= 4 is 5.95 Å². The number of piperidine rings is 1.